The molecule has 0 spiro atoms. The second-order valence-electron chi connectivity index (χ2n) is 10.5. The van der Waals surface area contributed by atoms with Gasteiger partial charge < -0.3 is 29.6 Å². The third kappa shape index (κ3) is 5.59. The molecule has 2 aromatic carbocycles. The Labute approximate surface area is 241 Å². The molecular weight excluding hydrogens is 548 g/mol. The highest BCUT2D eigenvalue weighted by atomic mass is 16.7. The molecule has 13 nitrogen and oxygen atoms in total. The van der Waals surface area contributed by atoms with Crippen molar-refractivity contribution in [2.45, 2.75) is 63.1 Å². The van der Waals surface area contributed by atoms with Crippen LogP contribution in [0, 0.1) is 0 Å². The Bertz CT molecular complexity index is 1400. The number of hydrogen-bond donors (Lipinski definition) is 2. The van der Waals surface area contributed by atoms with E-state index < -0.39 is 48.1 Å². The molecule has 3 saturated heterocycles. The Morgan fingerprint density at radius 3 is 2.62 bits per heavy atom. The van der Waals surface area contributed by atoms with Crippen LogP contribution in [-0.2, 0) is 35.3 Å². The average molecular weight is 579 g/mol. The van der Waals surface area contributed by atoms with E-state index in [4.69, 9.17) is 18.9 Å². The number of fused-ring (bicyclic) bond motifs is 2. The lowest BCUT2D eigenvalue weighted by molar-refractivity contribution is -0.177. The van der Waals surface area contributed by atoms with Gasteiger partial charge in [-0.3, -0.25) is 29.0 Å². The number of hydrazine groups is 1. The van der Waals surface area contributed by atoms with E-state index in [1.807, 2.05) is 30.3 Å². The number of ether oxygens (including phenoxy) is 4. The van der Waals surface area contributed by atoms with Crippen LogP contribution in [0.1, 0.15) is 48.0 Å². The first-order valence-corrected chi connectivity index (χ1v) is 13.9. The van der Waals surface area contributed by atoms with Crippen LogP contribution in [0.15, 0.2) is 48.5 Å². The quantitative estimate of drug-likeness (QED) is 0.459. The number of carbonyl (C=O) groups excluding carboxylic acids is 5. The summed E-state index contributed by atoms with van der Waals surface area (Å²) in [7, 11) is 0. The van der Waals surface area contributed by atoms with Crippen molar-refractivity contribution in [1.29, 1.82) is 0 Å². The number of nitrogens with one attached hydrogen (secondary N) is 2. The van der Waals surface area contributed by atoms with Crippen LogP contribution in [-0.4, -0.2) is 77.4 Å². The summed E-state index contributed by atoms with van der Waals surface area (Å²) >= 11 is 0. The van der Waals surface area contributed by atoms with Crippen molar-refractivity contribution < 1.29 is 42.9 Å². The molecule has 4 heterocycles. The molecule has 0 bridgehead atoms. The number of rotatable bonds is 7. The van der Waals surface area contributed by atoms with Crippen LogP contribution >= 0.6 is 0 Å². The van der Waals surface area contributed by atoms with Gasteiger partial charge in [-0.2, -0.15) is 0 Å². The van der Waals surface area contributed by atoms with Crippen molar-refractivity contribution in [2.24, 2.45) is 0 Å². The normalized spacial score (nSPS) is 25.0. The fourth-order valence-electron chi connectivity index (χ4n) is 5.52. The van der Waals surface area contributed by atoms with E-state index in [-0.39, 0.29) is 50.7 Å². The van der Waals surface area contributed by atoms with E-state index in [1.165, 1.54) is 11.1 Å². The fourth-order valence-corrected chi connectivity index (χ4v) is 5.52. The molecule has 4 aliphatic heterocycles. The maximum Gasteiger partial charge on any atom is 0.310 e. The molecule has 6 rings (SSSR count). The number of nitrogens with zero attached hydrogens (tertiary/aromatic N) is 2. The van der Waals surface area contributed by atoms with E-state index in [0.29, 0.717) is 24.3 Å². The predicted molar refractivity (Wildman–Crippen MR) is 142 cm³/mol. The molecule has 13 heteroatoms. The van der Waals surface area contributed by atoms with Crippen LogP contribution in [0.4, 0.5) is 0 Å². The molecule has 0 aromatic heterocycles. The zero-order valence-corrected chi connectivity index (χ0v) is 22.7. The Kier molecular flexibility index (Phi) is 7.66. The Morgan fingerprint density at radius 2 is 1.79 bits per heavy atom. The zero-order chi connectivity index (χ0) is 29.2. The van der Waals surface area contributed by atoms with Crippen molar-refractivity contribution in [3.8, 4) is 11.5 Å². The van der Waals surface area contributed by atoms with Gasteiger partial charge in [-0.15, -0.1) is 0 Å². The Morgan fingerprint density at radius 1 is 0.976 bits per heavy atom. The van der Waals surface area contributed by atoms with Crippen LogP contribution in [0.2, 0.25) is 0 Å². The Balaban J connectivity index is 1.15. The van der Waals surface area contributed by atoms with Gasteiger partial charge >= 0.3 is 5.97 Å². The Hall–Kier alpha value is -4.65. The monoisotopic (exact) mass is 578 g/mol. The van der Waals surface area contributed by atoms with Crippen molar-refractivity contribution in [1.82, 2.24) is 20.7 Å². The molecule has 3 fully saturated rings. The zero-order valence-electron chi connectivity index (χ0n) is 22.7. The van der Waals surface area contributed by atoms with Gasteiger partial charge in [-0.05, 0) is 43.0 Å². The van der Waals surface area contributed by atoms with Crippen molar-refractivity contribution in [3.63, 3.8) is 0 Å². The van der Waals surface area contributed by atoms with Gasteiger partial charge in [0.05, 0.1) is 13.0 Å². The van der Waals surface area contributed by atoms with Gasteiger partial charge in [-0.1, -0.05) is 30.3 Å². The molecule has 42 heavy (non-hydrogen) atoms. The van der Waals surface area contributed by atoms with Crippen molar-refractivity contribution in [3.05, 3.63) is 59.7 Å². The first-order valence-electron chi connectivity index (χ1n) is 13.9. The molecule has 0 saturated carbocycles. The summed E-state index contributed by atoms with van der Waals surface area (Å²) in [4.78, 5) is 65.6. The van der Waals surface area contributed by atoms with E-state index in [0.717, 1.165) is 10.6 Å². The summed E-state index contributed by atoms with van der Waals surface area (Å²) in [5.41, 5.74) is 1.14. The third-order valence-corrected chi connectivity index (χ3v) is 7.65. The maximum atomic E-state index is 13.8. The lowest BCUT2D eigenvalue weighted by Crippen LogP contribution is -2.64. The minimum atomic E-state index is -1.04. The standard InChI is InChI=1S/C29H30N4O9/c34-24-11-9-19(30-26(36)18-8-10-22-23(13-18)41-16-40-22)28(38)33-21(7-4-12-32(24)33)27(37)31-20-14-25(35)42-29(20)39-15-17-5-2-1-3-6-17/h1-3,5-6,8,10,13,19-21,29H,4,7,9,11-12,14-16H2,(H,30,36)(H,31,37)/t19?,20-,21-,29+/m0/s1. The molecule has 4 amide bonds. The number of esters is 1. The lowest BCUT2D eigenvalue weighted by Gasteiger charge is -2.43. The molecule has 0 aliphatic carbocycles. The largest absolute Gasteiger partial charge is 0.454 e. The molecule has 4 aliphatic rings. The van der Waals surface area contributed by atoms with E-state index >= 15 is 0 Å². The molecule has 2 N–H and O–H groups in total. The molecular formula is C29H30N4O9. The van der Waals surface area contributed by atoms with E-state index in [2.05, 4.69) is 10.6 Å². The molecule has 220 valence electrons. The second kappa shape index (κ2) is 11.7. The van der Waals surface area contributed by atoms with Crippen molar-refractivity contribution >= 4 is 29.6 Å². The minimum absolute atomic E-state index is 0.0169. The molecule has 1 unspecified atom stereocenters. The first-order chi connectivity index (χ1) is 20.4. The fraction of sp³-hybridized carbons (Fsp3) is 0.414. The summed E-state index contributed by atoms with van der Waals surface area (Å²) in [6.07, 6.45) is -0.213. The van der Waals surface area contributed by atoms with E-state index in [9.17, 15) is 24.0 Å². The second-order valence-corrected chi connectivity index (χ2v) is 10.5. The number of cyclic esters (lactones) is 1. The topological polar surface area (TPSA) is 153 Å². The highest BCUT2D eigenvalue weighted by Crippen LogP contribution is 2.33. The average Bonchev–Trinajstić information content (AvgIpc) is 3.59. The first kappa shape index (κ1) is 27.5. The predicted octanol–water partition coefficient (Wildman–Crippen LogP) is 1.02. The van der Waals surface area contributed by atoms with Crippen LogP contribution in [0.5, 0.6) is 11.5 Å². The third-order valence-electron chi connectivity index (χ3n) is 7.65. The summed E-state index contributed by atoms with van der Waals surface area (Å²) in [5.74, 6) is -1.52. The summed E-state index contributed by atoms with van der Waals surface area (Å²) in [6, 6.07) is 11.2. The number of hydrogen-bond acceptors (Lipinski definition) is 9. The lowest BCUT2D eigenvalue weighted by atomic mass is 10.0. The smallest absolute Gasteiger partial charge is 0.310 e. The van der Waals surface area contributed by atoms with Gasteiger partial charge in [-0.25, -0.2) is 5.01 Å². The number of benzene rings is 2. The SMILES string of the molecule is O=C1C[C@H](NC(=O)[C@@H]2CCCN3C(=O)CCC(NC(=O)c4ccc5c(c4)OCO5)C(=O)N23)[C@H](OCc2ccccc2)O1. The number of carbonyl (C=O) groups is 5. The van der Waals surface area contributed by atoms with Gasteiger partial charge in [0.15, 0.2) is 11.5 Å². The summed E-state index contributed by atoms with van der Waals surface area (Å²) in [6.45, 7) is 0.496. The highest BCUT2D eigenvalue weighted by Gasteiger charge is 2.46. The molecule has 0 radical (unpaired) electrons. The number of amides is 4. The molecule has 2 aromatic rings. The van der Waals surface area contributed by atoms with Crippen LogP contribution in [0.3, 0.4) is 0 Å². The van der Waals surface area contributed by atoms with Crippen LogP contribution < -0.4 is 20.1 Å². The van der Waals surface area contributed by atoms with Crippen molar-refractivity contribution in [2.75, 3.05) is 13.3 Å². The van der Waals surface area contributed by atoms with E-state index in [1.54, 1.807) is 12.1 Å². The molecule has 4 atom stereocenters. The maximum absolute atomic E-state index is 13.8. The minimum Gasteiger partial charge on any atom is -0.454 e. The van der Waals surface area contributed by atoms with Gasteiger partial charge in [0.25, 0.3) is 11.8 Å². The van der Waals surface area contributed by atoms with Gasteiger partial charge in [0.2, 0.25) is 24.9 Å². The van der Waals surface area contributed by atoms with Gasteiger partial charge in [0.1, 0.15) is 18.1 Å². The van der Waals surface area contributed by atoms with Gasteiger partial charge in [0, 0.05) is 18.5 Å². The van der Waals surface area contributed by atoms with Crippen LogP contribution in [0.25, 0.3) is 0 Å². The summed E-state index contributed by atoms with van der Waals surface area (Å²) < 4.78 is 21.7. The summed E-state index contributed by atoms with van der Waals surface area (Å²) in [5, 5.41) is 7.99. The highest BCUT2D eigenvalue weighted by molar-refractivity contribution is 6.00.